The Morgan fingerprint density at radius 2 is 2.55 bits per heavy atom. The lowest BCUT2D eigenvalue weighted by Gasteiger charge is -2.50. The number of likely N-dealkylation sites (tertiary alicyclic amines) is 1. The van der Waals surface area contributed by atoms with E-state index in [1.165, 1.54) is 0 Å². The SMILES string of the molecule is C=CCOCC12CCCOC1CCN(C(=O)c1ccsc1)C2. The lowest BCUT2D eigenvalue weighted by Crippen LogP contribution is -2.58. The maximum absolute atomic E-state index is 12.6. The second-order valence-corrected chi connectivity index (χ2v) is 6.94. The van der Waals surface area contributed by atoms with Gasteiger partial charge in [-0.1, -0.05) is 6.08 Å². The van der Waals surface area contributed by atoms with Crippen molar-refractivity contribution in [2.45, 2.75) is 25.4 Å². The molecule has 3 rings (SSSR count). The monoisotopic (exact) mass is 321 g/mol. The second kappa shape index (κ2) is 6.94. The van der Waals surface area contributed by atoms with Crippen LogP contribution in [0.1, 0.15) is 29.6 Å². The average Bonchev–Trinajstić information content (AvgIpc) is 3.08. The van der Waals surface area contributed by atoms with E-state index in [0.29, 0.717) is 13.2 Å². The van der Waals surface area contributed by atoms with Crippen molar-refractivity contribution in [1.82, 2.24) is 4.90 Å². The Morgan fingerprint density at radius 1 is 1.64 bits per heavy atom. The molecule has 1 aromatic rings. The number of fused-ring (bicyclic) bond motifs is 1. The molecule has 0 bridgehead atoms. The Balaban J connectivity index is 1.74. The smallest absolute Gasteiger partial charge is 0.254 e. The molecule has 0 N–H and O–H groups in total. The largest absolute Gasteiger partial charge is 0.377 e. The summed E-state index contributed by atoms with van der Waals surface area (Å²) in [5.74, 6) is 0.133. The molecule has 0 saturated carbocycles. The van der Waals surface area contributed by atoms with E-state index in [0.717, 1.165) is 44.5 Å². The molecule has 0 radical (unpaired) electrons. The molecule has 2 fully saturated rings. The Kier molecular flexibility index (Phi) is 4.96. The van der Waals surface area contributed by atoms with Gasteiger partial charge in [-0.15, -0.1) is 6.58 Å². The second-order valence-electron chi connectivity index (χ2n) is 6.16. The number of piperidine rings is 1. The van der Waals surface area contributed by atoms with E-state index in [1.54, 1.807) is 17.4 Å². The maximum Gasteiger partial charge on any atom is 0.254 e. The van der Waals surface area contributed by atoms with E-state index < -0.39 is 0 Å². The molecule has 0 aromatic carbocycles. The van der Waals surface area contributed by atoms with E-state index >= 15 is 0 Å². The zero-order valence-electron chi connectivity index (χ0n) is 12.8. The fourth-order valence-corrected chi connectivity index (χ4v) is 4.22. The normalized spacial score (nSPS) is 28.2. The van der Waals surface area contributed by atoms with Gasteiger partial charge in [0.05, 0.1) is 24.9 Å². The van der Waals surface area contributed by atoms with Gasteiger partial charge in [-0.2, -0.15) is 11.3 Å². The first-order chi connectivity index (χ1) is 10.7. The van der Waals surface area contributed by atoms with Crippen molar-refractivity contribution in [1.29, 1.82) is 0 Å². The summed E-state index contributed by atoms with van der Waals surface area (Å²) in [5, 5.41) is 3.87. The van der Waals surface area contributed by atoms with Crippen LogP contribution in [0.3, 0.4) is 0 Å². The topological polar surface area (TPSA) is 38.8 Å². The first-order valence-electron chi connectivity index (χ1n) is 7.87. The summed E-state index contributed by atoms with van der Waals surface area (Å²) in [7, 11) is 0. The van der Waals surface area contributed by atoms with Crippen LogP contribution in [-0.4, -0.2) is 49.8 Å². The molecular weight excluding hydrogens is 298 g/mol. The highest BCUT2D eigenvalue weighted by atomic mass is 32.1. The van der Waals surface area contributed by atoms with Gasteiger partial charge < -0.3 is 14.4 Å². The first-order valence-corrected chi connectivity index (χ1v) is 8.81. The van der Waals surface area contributed by atoms with E-state index in [4.69, 9.17) is 9.47 Å². The van der Waals surface area contributed by atoms with E-state index in [9.17, 15) is 4.79 Å². The van der Waals surface area contributed by atoms with Crippen LogP contribution in [0.15, 0.2) is 29.5 Å². The van der Waals surface area contributed by atoms with Crippen molar-refractivity contribution in [2.75, 3.05) is 32.9 Å². The van der Waals surface area contributed by atoms with Crippen LogP contribution in [0.25, 0.3) is 0 Å². The number of hydrogen-bond donors (Lipinski definition) is 0. The quantitative estimate of drug-likeness (QED) is 0.618. The highest BCUT2D eigenvalue weighted by Gasteiger charge is 2.47. The highest BCUT2D eigenvalue weighted by Crippen LogP contribution is 2.40. The van der Waals surface area contributed by atoms with Crippen LogP contribution >= 0.6 is 11.3 Å². The summed E-state index contributed by atoms with van der Waals surface area (Å²) < 4.78 is 11.8. The van der Waals surface area contributed by atoms with Crippen molar-refractivity contribution >= 4 is 17.2 Å². The van der Waals surface area contributed by atoms with Gasteiger partial charge in [-0.05, 0) is 30.7 Å². The minimum atomic E-state index is -0.0643. The van der Waals surface area contributed by atoms with Crippen LogP contribution in [-0.2, 0) is 9.47 Å². The molecule has 2 aliphatic rings. The lowest BCUT2D eigenvalue weighted by molar-refractivity contribution is -0.144. The van der Waals surface area contributed by atoms with E-state index in [2.05, 4.69) is 6.58 Å². The van der Waals surface area contributed by atoms with E-state index in [-0.39, 0.29) is 17.4 Å². The Morgan fingerprint density at radius 3 is 3.32 bits per heavy atom. The first kappa shape index (κ1) is 15.7. The van der Waals surface area contributed by atoms with Crippen molar-refractivity contribution in [2.24, 2.45) is 5.41 Å². The van der Waals surface area contributed by atoms with Gasteiger partial charge in [0, 0.05) is 30.5 Å². The van der Waals surface area contributed by atoms with Crippen molar-refractivity contribution in [3.05, 3.63) is 35.0 Å². The molecule has 120 valence electrons. The van der Waals surface area contributed by atoms with Gasteiger partial charge in [-0.25, -0.2) is 0 Å². The predicted octanol–water partition coefficient (Wildman–Crippen LogP) is 2.96. The van der Waals surface area contributed by atoms with Gasteiger partial charge in [0.1, 0.15) is 0 Å². The van der Waals surface area contributed by atoms with Gasteiger partial charge in [0.2, 0.25) is 0 Å². The lowest BCUT2D eigenvalue weighted by atomic mass is 9.73. The third-order valence-corrected chi connectivity index (χ3v) is 5.35. The van der Waals surface area contributed by atoms with Crippen LogP contribution in [0, 0.1) is 5.41 Å². The molecule has 22 heavy (non-hydrogen) atoms. The number of amides is 1. The highest BCUT2D eigenvalue weighted by molar-refractivity contribution is 7.08. The summed E-state index contributed by atoms with van der Waals surface area (Å²) in [6.45, 7) is 7.20. The molecule has 0 aliphatic carbocycles. The summed E-state index contributed by atoms with van der Waals surface area (Å²) >= 11 is 1.56. The maximum atomic E-state index is 12.6. The third-order valence-electron chi connectivity index (χ3n) is 4.67. The molecule has 1 amide bonds. The zero-order chi connectivity index (χ0) is 15.4. The Hall–Kier alpha value is -1.17. The molecule has 5 heteroatoms. The summed E-state index contributed by atoms with van der Waals surface area (Å²) in [6, 6.07) is 1.90. The fourth-order valence-electron chi connectivity index (χ4n) is 3.59. The van der Waals surface area contributed by atoms with Crippen molar-refractivity contribution in [3.63, 3.8) is 0 Å². The molecule has 2 atom stereocenters. The number of ether oxygens (including phenoxy) is 2. The molecule has 0 spiro atoms. The third kappa shape index (κ3) is 3.12. The number of hydrogen-bond acceptors (Lipinski definition) is 4. The van der Waals surface area contributed by atoms with Crippen LogP contribution in [0.4, 0.5) is 0 Å². The molecule has 1 aromatic heterocycles. The molecular formula is C17H23NO3S. The minimum absolute atomic E-state index is 0.0643. The van der Waals surface area contributed by atoms with Crippen LogP contribution in [0.2, 0.25) is 0 Å². The number of carbonyl (C=O) groups is 1. The Labute approximate surface area is 135 Å². The molecule has 2 aliphatic heterocycles. The van der Waals surface area contributed by atoms with Crippen molar-refractivity contribution in [3.8, 4) is 0 Å². The van der Waals surface area contributed by atoms with Gasteiger partial charge in [0.25, 0.3) is 5.91 Å². The molecule has 2 unspecified atom stereocenters. The van der Waals surface area contributed by atoms with Gasteiger partial charge >= 0.3 is 0 Å². The molecule has 2 saturated heterocycles. The molecule has 3 heterocycles. The number of carbonyl (C=O) groups excluding carboxylic acids is 1. The molecule has 4 nitrogen and oxygen atoms in total. The predicted molar refractivity (Wildman–Crippen MR) is 87.3 cm³/mol. The van der Waals surface area contributed by atoms with Crippen LogP contribution in [0.5, 0.6) is 0 Å². The summed E-state index contributed by atoms with van der Waals surface area (Å²) in [5.41, 5.74) is 0.730. The van der Waals surface area contributed by atoms with E-state index in [1.807, 2.05) is 21.7 Å². The van der Waals surface area contributed by atoms with Crippen molar-refractivity contribution < 1.29 is 14.3 Å². The number of rotatable bonds is 5. The number of nitrogens with zero attached hydrogens (tertiary/aromatic N) is 1. The van der Waals surface area contributed by atoms with Crippen LogP contribution < -0.4 is 0 Å². The van der Waals surface area contributed by atoms with Gasteiger partial charge in [-0.3, -0.25) is 4.79 Å². The standard InChI is InChI=1S/C17H23NO3S/c1-2-8-20-13-17-6-3-9-21-15(17)4-7-18(12-17)16(19)14-5-10-22-11-14/h2,5,10-11,15H,1,3-4,6-9,12-13H2. The Bertz CT molecular complexity index is 516. The summed E-state index contributed by atoms with van der Waals surface area (Å²) in [6.07, 6.45) is 4.97. The fraction of sp³-hybridized carbons (Fsp3) is 0.588. The zero-order valence-corrected chi connectivity index (χ0v) is 13.6. The minimum Gasteiger partial charge on any atom is -0.377 e. The van der Waals surface area contributed by atoms with Gasteiger partial charge in [0.15, 0.2) is 0 Å². The average molecular weight is 321 g/mol. The summed E-state index contributed by atoms with van der Waals surface area (Å²) in [4.78, 5) is 14.6. The number of thiophene rings is 1.